The highest BCUT2D eigenvalue weighted by molar-refractivity contribution is 7.13. The molecule has 1 aliphatic heterocycles. The van der Waals surface area contributed by atoms with Gasteiger partial charge in [-0.1, -0.05) is 12.8 Å². The normalized spacial score (nSPS) is 17.8. The molecule has 1 saturated heterocycles. The minimum absolute atomic E-state index is 0.159. The van der Waals surface area contributed by atoms with Gasteiger partial charge in [0.2, 0.25) is 0 Å². The number of anilines is 1. The van der Waals surface area contributed by atoms with Crippen LogP contribution in [0.15, 0.2) is 5.38 Å². The molecule has 0 aliphatic carbocycles. The van der Waals surface area contributed by atoms with Crippen molar-refractivity contribution in [3.63, 3.8) is 0 Å². The molecule has 0 amide bonds. The molecule has 1 aliphatic rings. The molecule has 0 unspecified atom stereocenters. The summed E-state index contributed by atoms with van der Waals surface area (Å²) in [4.78, 5) is 7.22. The van der Waals surface area contributed by atoms with Crippen LogP contribution < -0.4 is 10.2 Å². The van der Waals surface area contributed by atoms with Crippen molar-refractivity contribution in [1.29, 1.82) is 0 Å². The summed E-state index contributed by atoms with van der Waals surface area (Å²) < 4.78 is 0. The Labute approximate surface area is 115 Å². The molecule has 2 heterocycles. The van der Waals surface area contributed by atoms with E-state index in [4.69, 9.17) is 4.98 Å². The Balaban J connectivity index is 1.92. The molecule has 0 radical (unpaired) electrons. The Kier molecular flexibility index (Phi) is 4.62. The van der Waals surface area contributed by atoms with Gasteiger partial charge in [-0.2, -0.15) is 0 Å². The molecule has 1 aromatic heterocycles. The monoisotopic (exact) mass is 267 g/mol. The molecule has 1 fully saturated rings. The summed E-state index contributed by atoms with van der Waals surface area (Å²) in [7, 11) is 0. The van der Waals surface area contributed by atoms with E-state index < -0.39 is 0 Å². The molecule has 18 heavy (non-hydrogen) atoms. The number of thiazole rings is 1. The van der Waals surface area contributed by atoms with Crippen molar-refractivity contribution in [2.45, 2.75) is 58.5 Å². The molecule has 1 aromatic rings. The lowest BCUT2D eigenvalue weighted by molar-refractivity contribution is 0.422. The Bertz CT molecular complexity index is 359. The second-order valence-electron chi connectivity index (χ2n) is 6.13. The van der Waals surface area contributed by atoms with Crippen LogP contribution in [0.25, 0.3) is 0 Å². The zero-order valence-electron chi connectivity index (χ0n) is 11.8. The average molecular weight is 267 g/mol. The third kappa shape index (κ3) is 4.25. The number of aromatic nitrogens is 1. The average Bonchev–Trinajstić information content (AvgIpc) is 2.60. The molecule has 102 valence electrons. The number of nitrogens with zero attached hydrogens (tertiary/aromatic N) is 2. The molecule has 3 nitrogen and oxygen atoms in total. The maximum atomic E-state index is 4.76. The molecule has 2 rings (SSSR count). The predicted octanol–water partition coefficient (Wildman–Crippen LogP) is 3.41. The maximum Gasteiger partial charge on any atom is 0.185 e. The van der Waals surface area contributed by atoms with Crippen LogP contribution in [0.2, 0.25) is 0 Å². The quantitative estimate of drug-likeness (QED) is 0.909. The van der Waals surface area contributed by atoms with Gasteiger partial charge < -0.3 is 10.2 Å². The predicted molar refractivity (Wildman–Crippen MR) is 79.4 cm³/mol. The lowest BCUT2D eigenvalue weighted by Gasteiger charge is -2.20. The van der Waals surface area contributed by atoms with Crippen LogP contribution in [0.1, 0.15) is 52.1 Å². The summed E-state index contributed by atoms with van der Waals surface area (Å²) >= 11 is 1.79. The zero-order valence-corrected chi connectivity index (χ0v) is 12.6. The Hall–Kier alpha value is -0.610. The molecule has 1 N–H and O–H groups in total. The smallest absolute Gasteiger partial charge is 0.185 e. The van der Waals surface area contributed by atoms with Crippen molar-refractivity contribution < 1.29 is 0 Å². The minimum atomic E-state index is 0.159. The Morgan fingerprint density at radius 1 is 1.22 bits per heavy atom. The van der Waals surface area contributed by atoms with Gasteiger partial charge in [-0.3, -0.25) is 0 Å². The summed E-state index contributed by atoms with van der Waals surface area (Å²) in [5.41, 5.74) is 1.33. The van der Waals surface area contributed by atoms with Gasteiger partial charge in [0.15, 0.2) is 5.13 Å². The SMILES string of the molecule is CC(C)(C)NCc1csc(N2CCCCCC2)n1. The van der Waals surface area contributed by atoms with Crippen LogP contribution in [0.5, 0.6) is 0 Å². The lowest BCUT2D eigenvalue weighted by Crippen LogP contribution is -2.35. The summed E-state index contributed by atoms with van der Waals surface area (Å²) in [6.07, 6.45) is 5.38. The van der Waals surface area contributed by atoms with Crippen molar-refractivity contribution >= 4 is 16.5 Å². The van der Waals surface area contributed by atoms with Crippen LogP contribution in [-0.2, 0) is 6.54 Å². The first-order valence-corrected chi connectivity index (χ1v) is 7.87. The third-order valence-electron chi connectivity index (χ3n) is 3.22. The van der Waals surface area contributed by atoms with Gasteiger partial charge in [0.05, 0.1) is 5.69 Å². The van der Waals surface area contributed by atoms with E-state index in [0.29, 0.717) is 0 Å². The fourth-order valence-electron chi connectivity index (χ4n) is 2.14. The zero-order chi connectivity index (χ0) is 13.0. The highest BCUT2D eigenvalue weighted by Gasteiger charge is 2.14. The van der Waals surface area contributed by atoms with Gasteiger partial charge in [-0.05, 0) is 33.6 Å². The molecular weight excluding hydrogens is 242 g/mol. The van der Waals surface area contributed by atoms with E-state index in [-0.39, 0.29) is 5.54 Å². The summed E-state index contributed by atoms with van der Waals surface area (Å²) in [5.74, 6) is 0. The van der Waals surface area contributed by atoms with E-state index in [1.807, 2.05) is 0 Å². The second kappa shape index (κ2) is 6.02. The van der Waals surface area contributed by atoms with Gasteiger partial charge in [-0.25, -0.2) is 4.98 Å². The fraction of sp³-hybridized carbons (Fsp3) is 0.786. The van der Waals surface area contributed by atoms with Crippen LogP contribution in [0.4, 0.5) is 5.13 Å². The van der Waals surface area contributed by atoms with Gasteiger partial charge in [0, 0.05) is 30.6 Å². The summed E-state index contributed by atoms with van der Waals surface area (Å²) in [5, 5.41) is 6.90. The Morgan fingerprint density at radius 2 is 1.89 bits per heavy atom. The molecule has 4 heteroatoms. The van der Waals surface area contributed by atoms with Gasteiger partial charge >= 0.3 is 0 Å². The topological polar surface area (TPSA) is 28.2 Å². The molecule has 0 spiro atoms. The summed E-state index contributed by atoms with van der Waals surface area (Å²) in [6.45, 7) is 9.80. The second-order valence-corrected chi connectivity index (χ2v) is 6.96. The van der Waals surface area contributed by atoms with Gasteiger partial charge in [-0.15, -0.1) is 11.3 Å². The van der Waals surface area contributed by atoms with E-state index in [2.05, 4.69) is 36.4 Å². The molecule has 0 saturated carbocycles. The first-order chi connectivity index (χ1) is 8.54. The number of rotatable bonds is 3. The fourth-order valence-corrected chi connectivity index (χ4v) is 3.02. The van der Waals surface area contributed by atoms with E-state index in [0.717, 1.165) is 6.54 Å². The van der Waals surface area contributed by atoms with Crippen LogP contribution in [0.3, 0.4) is 0 Å². The summed E-state index contributed by atoms with van der Waals surface area (Å²) in [6, 6.07) is 0. The van der Waals surface area contributed by atoms with Crippen LogP contribution >= 0.6 is 11.3 Å². The Morgan fingerprint density at radius 3 is 2.50 bits per heavy atom. The molecule has 0 atom stereocenters. The highest BCUT2D eigenvalue weighted by Crippen LogP contribution is 2.23. The third-order valence-corrected chi connectivity index (χ3v) is 4.17. The standard InChI is InChI=1S/C14H25N3S/c1-14(2,3)15-10-12-11-18-13(16-12)17-8-6-4-5-7-9-17/h11,15H,4-10H2,1-3H3. The van der Waals surface area contributed by atoms with Crippen molar-refractivity contribution in [1.82, 2.24) is 10.3 Å². The van der Waals surface area contributed by atoms with Crippen LogP contribution in [-0.4, -0.2) is 23.6 Å². The van der Waals surface area contributed by atoms with Crippen molar-refractivity contribution in [2.75, 3.05) is 18.0 Å². The highest BCUT2D eigenvalue weighted by atomic mass is 32.1. The van der Waals surface area contributed by atoms with E-state index in [1.165, 1.54) is 49.6 Å². The van der Waals surface area contributed by atoms with Crippen molar-refractivity contribution in [3.05, 3.63) is 11.1 Å². The van der Waals surface area contributed by atoms with Gasteiger partial charge in [0.1, 0.15) is 0 Å². The number of hydrogen-bond donors (Lipinski definition) is 1. The van der Waals surface area contributed by atoms with Crippen molar-refractivity contribution in [2.24, 2.45) is 0 Å². The molecular formula is C14H25N3S. The molecule has 0 bridgehead atoms. The maximum absolute atomic E-state index is 4.76. The number of nitrogens with one attached hydrogen (secondary N) is 1. The van der Waals surface area contributed by atoms with E-state index in [9.17, 15) is 0 Å². The minimum Gasteiger partial charge on any atom is -0.348 e. The van der Waals surface area contributed by atoms with Gasteiger partial charge in [0.25, 0.3) is 0 Å². The van der Waals surface area contributed by atoms with Crippen LogP contribution in [0, 0.1) is 0 Å². The molecule has 0 aromatic carbocycles. The van der Waals surface area contributed by atoms with E-state index >= 15 is 0 Å². The first-order valence-electron chi connectivity index (χ1n) is 6.99. The largest absolute Gasteiger partial charge is 0.348 e. The number of hydrogen-bond acceptors (Lipinski definition) is 4. The lowest BCUT2D eigenvalue weighted by atomic mass is 10.1. The van der Waals surface area contributed by atoms with Crippen molar-refractivity contribution in [3.8, 4) is 0 Å². The van der Waals surface area contributed by atoms with E-state index in [1.54, 1.807) is 11.3 Å². The first kappa shape index (κ1) is 13.8.